The van der Waals surface area contributed by atoms with Gasteiger partial charge in [-0.15, -0.1) is 23.5 Å². The number of hydrogen-bond donors (Lipinski definition) is 0. The molecule has 0 radical (unpaired) electrons. The standard InChI is InChI=1S/C22H27N3OS3/c1-4-24(5-2)13-14-25(21(26)16-28-17-9-7-6-8-10-17)22-23-19-12-11-18(27-3)15-20(19)29-22/h6-12,15H,4-5,13-14,16H2,1-3H3. The minimum atomic E-state index is 0.107. The third-order valence-electron chi connectivity index (χ3n) is 4.76. The molecular formula is C22H27N3OS3. The van der Waals surface area contributed by atoms with Crippen LogP contribution in [0.3, 0.4) is 0 Å². The molecule has 2 aromatic carbocycles. The third kappa shape index (κ3) is 5.98. The fourth-order valence-corrected chi connectivity index (χ4v) is 5.34. The molecule has 0 unspecified atom stereocenters. The molecular weight excluding hydrogens is 418 g/mol. The molecule has 154 valence electrons. The number of likely N-dealkylation sites (N-methyl/N-ethyl adjacent to an activating group) is 1. The highest BCUT2D eigenvalue weighted by molar-refractivity contribution is 8.00. The summed E-state index contributed by atoms with van der Waals surface area (Å²) in [5.74, 6) is 0.518. The normalized spacial score (nSPS) is 11.3. The first-order valence-electron chi connectivity index (χ1n) is 9.79. The lowest BCUT2D eigenvalue weighted by atomic mass is 10.3. The minimum Gasteiger partial charge on any atom is -0.302 e. The van der Waals surface area contributed by atoms with E-state index in [0.29, 0.717) is 12.3 Å². The van der Waals surface area contributed by atoms with Gasteiger partial charge in [0.05, 0.1) is 16.0 Å². The molecule has 0 saturated heterocycles. The van der Waals surface area contributed by atoms with Gasteiger partial charge in [0.2, 0.25) is 5.91 Å². The van der Waals surface area contributed by atoms with Crippen LogP contribution in [0.15, 0.2) is 58.3 Å². The van der Waals surface area contributed by atoms with Gasteiger partial charge < -0.3 is 4.90 Å². The Bertz CT molecular complexity index is 925. The monoisotopic (exact) mass is 445 g/mol. The summed E-state index contributed by atoms with van der Waals surface area (Å²) in [5.41, 5.74) is 0.958. The van der Waals surface area contributed by atoms with Gasteiger partial charge in [0, 0.05) is 22.9 Å². The van der Waals surface area contributed by atoms with Gasteiger partial charge in [0.25, 0.3) is 0 Å². The maximum Gasteiger partial charge on any atom is 0.239 e. The van der Waals surface area contributed by atoms with Gasteiger partial charge in [-0.05, 0) is 49.7 Å². The van der Waals surface area contributed by atoms with Crippen molar-refractivity contribution < 1.29 is 4.79 Å². The van der Waals surface area contributed by atoms with Crippen molar-refractivity contribution in [3.8, 4) is 0 Å². The molecule has 0 saturated carbocycles. The maximum atomic E-state index is 13.2. The summed E-state index contributed by atoms with van der Waals surface area (Å²) in [6.45, 7) is 7.78. The van der Waals surface area contributed by atoms with Crippen molar-refractivity contribution in [2.45, 2.75) is 23.6 Å². The highest BCUT2D eigenvalue weighted by atomic mass is 32.2. The molecule has 29 heavy (non-hydrogen) atoms. The van der Waals surface area contributed by atoms with E-state index in [-0.39, 0.29) is 5.91 Å². The highest BCUT2D eigenvalue weighted by Gasteiger charge is 2.20. The lowest BCUT2D eigenvalue weighted by Gasteiger charge is -2.24. The van der Waals surface area contributed by atoms with Gasteiger partial charge in [-0.1, -0.05) is 43.4 Å². The number of aromatic nitrogens is 1. The number of hydrogen-bond acceptors (Lipinski definition) is 6. The lowest BCUT2D eigenvalue weighted by molar-refractivity contribution is -0.116. The average Bonchev–Trinajstić information content (AvgIpc) is 3.18. The summed E-state index contributed by atoms with van der Waals surface area (Å²) in [5, 5.41) is 0.795. The summed E-state index contributed by atoms with van der Waals surface area (Å²) >= 11 is 4.91. The van der Waals surface area contributed by atoms with E-state index >= 15 is 0 Å². The van der Waals surface area contributed by atoms with E-state index < -0.39 is 0 Å². The van der Waals surface area contributed by atoms with E-state index in [1.807, 2.05) is 41.3 Å². The summed E-state index contributed by atoms with van der Waals surface area (Å²) in [6, 6.07) is 16.4. The number of fused-ring (bicyclic) bond motifs is 1. The first-order valence-corrected chi connectivity index (χ1v) is 12.8. The van der Waals surface area contributed by atoms with Crippen molar-refractivity contribution >= 4 is 56.1 Å². The molecule has 0 N–H and O–H groups in total. The molecule has 0 bridgehead atoms. The van der Waals surface area contributed by atoms with Crippen LogP contribution in [0.1, 0.15) is 13.8 Å². The average molecular weight is 446 g/mol. The van der Waals surface area contributed by atoms with Gasteiger partial charge >= 0.3 is 0 Å². The first-order chi connectivity index (χ1) is 14.1. The molecule has 4 nitrogen and oxygen atoms in total. The first kappa shape index (κ1) is 22.2. The number of amides is 1. The number of carbonyl (C=O) groups is 1. The Morgan fingerprint density at radius 2 is 1.79 bits per heavy atom. The Morgan fingerprint density at radius 3 is 2.48 bits per heavy atom. The van der Waals surface area contributed by atoms with Gasteiger partial charge in [0.15, 0.2) is 5.13 Å². The predicted molar refractivity (Wildman–Crippen MR) is 129 cm³/mol. The van der Waals surface area contributed by atoms with Crippen LogP contribution in [0.4, 0.5) is 5.13 Å². The summed E-state index contributed by atoms with van der Waals surface area (Å²) in [6.07, 6.45) is 2.07. The van der Waals surface area contributed by atoms with Crippen molar-refractivity contribution in [3.05, 3.63) is 48.5 Å². The van der Waals surface area contributed by atoms with Crippen LogP contribution >= 0.6 is 34.9 Å². The van der Waals surface area contributed by atoms with E-state index in [1.54, 1.807) is 34.9 Å². The summed E-state index contributed by atoms with van der Waals surface area (Å²) < 4.78 is 1.13. The zero-order valence-electron chi connectivity index (χ0n) is 17.1. The topological polar surface area (TPSA) is 36.4 Å². The Balaban J connectivity index is 1.80. The second kappa shape index (κ2) is 11.0. The lowest BCUT2D eigenvalue weighted by Crippen LogP contribution is -2.39. The van der Waals surface area contributed by atoms with E-state index in [9.17, 15) is 4.79 Å². The molecule has 0 aliphatic heterocycles. The van der Waals surface area contributed by atoms with E-state index in [4.69, 9.17) is 4.98 Å². The van der Waals surface area contributed by atoms with Crippen LogP contribution in [0, 0.1) is 0 Å². The van der Waals surface area contributed by atoms with Crippen LogP contribution in [0.5, 0.6) is 0 Å². The van der Waals surface area contributed by atoms with E-state index in [2.05, 4.69) is 37.1 Å². The molecule has 1 aromatic heterocycles. The highest BCUT2D eigenvalue weighted by Crippen LogP contribution is 2.32. The number of benzene rings is 2. The molecule has 0 aliphatic rings. The Hall–Kier alpha value is -1.54. The zero-order valence-corrected chi connectivity index (χ0v) is 19.6. The second-order valence-corrected chi connectivity index (χ2v) is 9.44. The van der Waals surface area contributed by atoms with Gasteiger partial charge in [-0.25, -0.2) is 4.98 Å². The molecule has 0 aliphatic carbocycles. The van der Waals surface area contributed by atoms with Crippen LogP contribution in [-0.2, 0) is 4.79 Å². The van der Waals surface area contributed by atoms with Crippen LogP contribution < -0.4 is 4.90 Å². The molecule has 3 aromatic rings. The molecule has 1 heterocycles. The Morgan fingerprint density at radius 1 is 1.03 bits per heavy atom. The Labute approximate surface area is 185 Å². The molecule has 3 rings (SSSR count). The van der Waals surface area contributed by atoms with Crippen LogP contribution in [0.2, 0.25) is 0 Å². The van der Waals surface area contributed by atoms with Crippen LogP contribution in [-0.4, -0.2) is 54.0 Å². The third-order valence-corrected chi connectivity index (χ3v) is 7.52. The molecule has 0 atom stereocenters. The van der Waals surface area contributed by atoms with Gasteiger partial charge in [-0.2, -0.15) is 0 Å². The number of thiazole rings is 1. The fourth-order valence-electron chi connectivity index (χ4n) is 2.98. The van der Waals surface area contributed by atoms with Crippen molar-refractivity contribution in [1.82, 2.24) is 9.88 Å². The number of carbonyl (C=O) groups excluding carboxylic acids is 1. The number of anilines is 1. The smallest absolute Gasteiger partial charge is 0.239 e. The molecule has 0 spiro atoms. The molecule has 1 amide bonds. The van der Waals surface area contributed by atoms with Crippen molar-refractivity contribution in [3.63, 3.8) is 0 Å². The van der Waals surface area contributed by atoms with E-state index in [0.717, 1.165) is 39.9 Å². The summed E-state index contributed by atoms with van der Waals surface area (Å²) in [7, 11) is 0. The fraction of sp³-hybridized carbons (Fsp3) is 0.364. The maximum absolute atomic E-state index is 13.2. The Kier molecular flexibility index (Phi) is 8.41. The minimum absolute atomic E-state index is 0.107. The second-order valence-electron chi connectivity index (χ2n) is 6.50. The number of thioether (sulfide) groups is 2. The molecule has 7 heteroatoms. The number of rotatable bonds is 10. The van der Waals surface area contributed by atoms with Crippen molar-refractivity contribution in [1.29, 1.82) is 0 Å². The van der Waals surface area contributed by atoms with Crippen LogP contribution in [0.25, 0.3) is 10.2 Å². The van der Waals surface area contributed by atoms with Crippen molar-refractivity contribution in [2.24, 2.45) is 0 Å². The van der Waals surface area contributed by atoms with E-state index in [1.165, 1.54) is 4.90 Å². The zero-order chi connectivity index (χ0) is 20.6. The largest absolute Gasteiger partial charge is 0.302 e. The van der Waals surface area contributed by atoms with Gasteiger partial charge in [0.1, 0.15) is 0 Å². The van der Waals surface area contributed by atoms with Crippen molar-refractivity contribution in [2.75, 3.05) is 43.1 Å². The molecule has 0 fully saturated rings. The predicted octanol–water partition coefficient (Wildman–Crippen LogP) is 5.49. The number of nitrogens with zero attached hydrogens (tertiary/aromatic N) is 3. The quantitative estimate of drug-likeness (QED) is 0.386. The summed E-state index contributed by atoms with van der Waals surface area (Å²) in [4.78, 5) is 24.5. The SMILES string of the molecule is CCN(CC)CCN(C(=O)CSc1ccccc1)c1nc2ccc(SC)cc2s1. The van der Waals surface area contributed by atoms with Gasteiger partial charge in [-0.3, -0.25) is 9.69 Å².